The lowest BCUT2D eigenvalue weighted by molar-refractivity contribution is -0.117. The standard InChI is InChI=1S/C10H11N3O2S/c11-6-1-3-7(4-2-6)12-9(14)8-5-16-10(15)13-8/h1-4,8H,5,11H2,(H,12,14)(H,13,15). The average Bonchev–Trinajstić information content (AvgIpc) is 2.68. The molecule has 4 N–H and O–H groups in total. The first-order chi connectivity index (χ1) is 7.65. The molecule has 0 spiro atoms. The molecule has 6 heteroatoms. The van der Waals surface area contributed by atoms with Crippen LogP contribution in [0.25, 0.3) is 0 Å². The maximum atomic E-state index is 11.7. The Morgan fingerprint density at radius 2 is 2.12 bits per heavy atom. The molecule has 1 fully saturated rings. The van der Waals surface area contributed by atoms with Gasteiger partial charge in [-0.25, -0.2) is 0 Å². The van der Waals surface area contributed by atoms with Gasteiger partial charge < -0.3 is 16.4 Å². The van der Waals surface area contributed by atoms with Crippen molar-refractivity contribution in [2.24, 2.45) is 0 Å². The second kappa shape index (κ2) is 4.44. The van der Waals surface area contributed by atoms with Crippen molar-refractivity contribution in [3.05, 3.63) is 24.3 Å². The number of benzene rings is 1. The summed E-state index contributed by atoms with van der Waals surface area (Å²) in [6.45, 7) is 0. The number of nitrogen functional groups attached to an aromatic ring is 1. The fraction of sp³-hybridized carbons (Fsp3) is 0.200. The number of nitrogens with one attached hydrogen (secondary N) is 2. The number of hydrogen-bond donors (Lipinski definition) is 3. The van der Waals surface area contributed by atoms with Gasteiger partial charge in [0.1, 0.15) is 6.04 Å². The predicted molar refractivity (Wildman–Crippen MR) is 64.3 cm³/mol. The lowest BCUT2D eigenvalue weighted by atomic mass is 10.2. The topological polar surface area (TPSA) is 84.2 Å². The first-order valence-electron chi connectivity index (χ1n) is 4.75. The highest BCUT2D eigenvalue weighted by molar-refractivity contribution is 8.14. The van der Waals surface area contributed by atoms with Crippen molar-refractivity contribution in [1.29, 1.82) is 0 Å². The van der Waals surface area contributed by atoms with Crippen molar-refractivity contribution >= 4 is 34.3 Å². The van der Waals surface area contributed by atoms with Crippen LogP contribution >= 0.6 is 11.8 Å². The minimum Gasteiger partial charge on any atom is -0.399 e. The third-order valence-electron chi connectivity index (χ3n) is 2.17. The molecule has 0 aromatic heterocycles. The number of thioether (sulfide) groups is 1. The summed E-state index contributed by atoms with van der Waals surface area (Å²) in [6.07, 6.45) is 0. The summed E-state index contributed by atoms with van der Waals surface area (Å²) in [5, 5.41) is 5.13. The lowest BCUT2D eigenvalue weighted by Crippen LogP contribution is -2.38. The monoisotopic (exact) mass is 237 g/mol. The molecule has 1 heterocycles. The van der Waals surface area contributed by atoms with Crippen molar-refractivity contribution in [3.63, 3.8) is 0 Å². The molecule has 1 aromatic rings. The molecule has 2 amide bonds. The zero-order chi connectivity index (χ0) is 11.5. The number of hydrogen-bond acceptors (Lipinski definition) is 4. The van der Waals surface area contributed by atoms with Crippen molar-refractivity contribution in [2.75, 3.05) is 16.8 Å². The Morgan fingerprint density at radius 1 is 1.44 bits per heavy atom. The van der Waals surface area contributed by atoms with Crippen molar-refractivity contribution in [1.82, 2.24) is 5.32 Å². The molecule has 0 aliphatic carbocycles. The molecule has 2 rings (SSSR count). The first kappa shape index (κ1) is 10.8. The number of carbonyl (C=O) groups excluding carboxylic acids is 2. The summed E-state index contributed by atoms with van der Waals surface area (Å²) in [7, 11) is 0. The number of nitrogens with two attached hydrogens (primary N) is 1. The Labute approximate surface area is 96.8 Å². The maximum absolute atomic E-state index is 11.7. The van der Waals surface area contributed by atoms with Gasteiger partial charge in [-0.1, -0.05) is 11.8 Å². The summed E-state index contributed by atoms with van der Waals surface area (Å²) in [5.41, 5.74) is 6.84. The van der Waals surface area contributed by atoms with Crippen LogP contribution in [0.4, 0.5) is 16.2 Å². The first-order valence-corrected chi connectivity index (χ1v) is 5.73. The molecule has 0 bridgehead atoms. The zero-order valence-electron chi connectivity index (χ0n) is 8.40. The molecule has 1 atom stereocenters. The van der Waals surface area contributed by atoms with Crippen molar-refractivity contribution in [3.8, 4) is 0 Å². The molecule has 1 aromatic carbocycles. The second-order valence-electron chi connectivity index (χ2n) is 3.41. The van der Waals surface area contributed by atoms with Crippen LogP contribution in [0.2, 0.25) is 0 Å². The summed E-state index contributed by atoms with van der Waals surface area (Å²) in [5.74, 6) is 0.266. The smallest absolute Gasteiger partial charge is 0.279 e. The highest BCUT2D eigenvalue weighted by atomic mass is 32.2. The van der Waals surface area contributed by atoms with Gasteiger partial charge in [0, 0.05) is 17.1 Å². The van der Waals surface area contributed by atoms with Crippen LogP contribution in [0.5, 0.6) is 0 Å². The van der Waals surface area contributed by atoms with E-state index in [2.05, 4.69) is 10.6 Å². The fourth-order valence-electron chi connectivity index (χ4n) is 1.32. The van der Waals surface area contributed by atoms with Gasteiger partial charge in [-0.3, -0.25) is 9.59 Å². The van der Waals surface area contributed by atoms with Gasteiger partial charge in [0.05, 0.1) is 0 Å². The second-order valence-corrected chi connectivity index (χ2v) is 4.40. The minimum absolute atomic E-state index is 0.155. The molecule has 1 saturated heterocycles. The van der Waals surface area contributed by atoms with Gasteiger partial charge in [-0.05, 0) is 24.3 Å². The van der Waals surface area contributed by atoms with E-state index < -0.39 is 6.04 Å². The van der Waals surface area contributed by atoms with E-state index in [1.807, 2.05) is 0 Å². The summed E-state index contributed by atoms with van der Waals surface area (Å²) in [6, 6.07) is 6.40. The number of anilines is 2. The fourth-order valence-corrected chi connectivity index (χ4v) is 2.10. The van der Waals surface area contributed by atoms with Crippen LogP contribution in [-0.2, 0) is 4.79 Å². The predicted octanol–water partition coefficient (Wildman–Crippen LogP) is 1.03. The van der Waals surface area contributed by atoms with Crippen LogP contribution in [0, 0.1) is 0 Å². The highest BCUT2D eigenvalue weighted by Crippen LogP contribution is 2.15. The molecule has 1 unspecified atom stereocenters. The molecule has 1 aliphatic rings. The molecule has 0 saturated carbocycles. The van der Waals surface area contributed by atoms with E-state index in [9.17, 15) is 9.59 Å². The van der Waals surface area contributed by atoms with Crippen LogP contribution < -0.4 is 16.4 Å². The van der Waals surface area contributed by atoms with Gasteiger partial charge in [-0.2, -0.15) is 0 Å². The van der Waals surface area contributed by atoms with E-state index in [1.54, 1.807) is 24.3 Å². The Balaban J connectivity index is 1.97. The third kappa shape index (κ3) is 2.46. The third-order valence-corrected chi connectivity index (χ3v) is 3.05. The van der Waals surface area contributed by atoms with Gasteiger partial charge in [0.25, 0.3) is 5.24 Å². The van der Waals surface area contributed by atoms with Gasteiger partial charge in [-0.15, -0.1) is 0 Å². The number of amides is 2. The van der Waals surface area contributed by atoms with E-state index >= 15 is 0 Å². The average molecular weight is 237 g/mol. The molecule has 84 valence electrons. The summed E-state index contributed by atoms with van der Waals surface area (Å²) in [4.78, 5) is 22.6. The normalized spacial score (nSPS) is 19.2. The number of rotatable bonds is 2. The molecule has 16 heavy (non-hydrogen) atoms. The van der Waals surface area contributed by atoms with Crippen LogP contribution in [0.3, 0.4) is 0 Å². The van der Waals surface area contributed by atoms with E-state index in [1.165, 1.54) is 0 Å². The molecule has 0 radical (unpaired) electrons. The Morgan fingerprint density at radius 3 is 2.69 bits per heavy atom. The summed E-state index contributed by atoms with van der Waals surface area (Å²) >= 11 is 1.12. The summed E-state index contributed by atoms with van der Waals surface area (Å²) < 4.78 is 0. The van der Waals surface area contributed by atoms with Crippen molar-refractivity contribution < 1.29 is 9.59 Å². The zero-order valence-corrected chi connectivity index (χ0v) is 9.21. The number of carbonyl (C=O) groups is 2. The highest BCUT2D eigenvalue weighted by Gasteiger charge is 2.27. The molecular formula is C10H11N3O2S. The van der Waals surface area contributed by atoms with Crippen molar-refractivity contribution in [2.45, 2.75) is 6.04 Å². The van der Waals surface area contributed by atoms with Gasteiger partial charge >= 0.3 is 0 Å². The molecular weight excluding hydrogens is 226 g/mol. The van der Waals surface area contributed by atoms with E-state index in [0.717, 1.165) is 11.8 Å². The van der Waals surface area contributed by atoms with E-state index in [4.69, 9.17) is 5.73 Å². The van der Waals surface area contributed by atoms with Crippen LogP contribution in [-0.4, -0.2) is 22.9 Å². The maximum Gasteiger partial charge on any atom is 0.279 e. The van der Waals surface area contributed by atoms with E-state index in [0.29, 0.717) is 17.1 Å². The largest absolute Gasteiger partial charge is 0.399 e. The van der Waals surface area contributed by atoms with Crippen LogP contribution in [0.15, 0.2) is 24.3 Å². The van der Waals surface area contributed by atoms with Gasteiger partial charge in [0.2, 0.25) is 5.91 Å². The quantitative estimate of drug-likeness (QED) is 0.671. The SMILES string of the molecule is Nc1ccc(NC(=O)C2CSC(=O)N2)cc1. The Kier molecular flexibility index (Phi) is 3.00. The molecule has 5 nitrogen and oxygen atoms in total. The molecule has 1 aliphatic heterocycles. The minimum atomic E-state index is -0.449. The Hall–Kier alpha value is -1.69. The van der Waals surface area contributed by atoms with Crippen LogP contribution in [0.1, 0.15) is 0 Å². The Bertz CT molecular complexity index is 419. The van der Waals surface area contributed by atoms with Gasteiger partial charge in [0.15, 0.2) is 0 Å². The van der Waals surface area contributed by atoms with E-state index in [-0.39, 0.29) is 11.1 Å². The lowest BCUT2D eigenvalue weighted by Gasteiger charge is -2.10.